The molecule has 3 heteroatoms. The van der Waals surface area contributed by atoms with Crippen molar-refractivity contribution in [2.45, 2.75) is 46.5 Å². The molecule has 90 valence electrons. The molecule has 3 nitrogen and oxygen atoms in total. The molecule has 16 heavy (non-hydrogen) atoms. The maximum atomic E-state index is 11.7. The van der Waals surface area contributed by atoms with E-state index < -0.39 is 5.41 Å². The lowest BCUT2D eigenvalue weighted by Crippen LogP contribution is -2.40. The van der Waals surface area contributed by atoms with E-state index in [1.807, 2.05) is 6.07 Å². The van der Waals surface area contributed by atoms with Crippen molar-refractivity contribution in [3.63, 3.8) is 0 Å². The normalized spacial score (nSPS) is 25.9. The van der Waals surface area contributed by atoms with E-state index in [2.05, 4.69) is 12.2 Å². The van der Waals surface area contributed by atoms with E-state index >= 15 is 0 Å². The van der Waals surface area contributed by atoms with E-state index in [1.165, 1.54) is 25.7 Å². The lowest BCUT2D eigenvalue weighted by molar-refractivity contribution is -0.127. The molecule has 0 saturated heterocycles. The number of amides is 1. The fourth-order valence-corrected chi connectivity index (χ4v) is 2.19. The Labute approximate surface area is 98.2 Å². The van der Waals surface area contributed by atoms with Crippen molar-refractivity contribution in [3.8, 4) is 6.07 Å². The first-order valence-corrected chi connectivity index (χ1v) is 6.17. The number of carbonyl (C=O) groups is 1. The molecule has 1 amide bonds. The second-order valence-electron chi connectivity index (χ2n) is 5.47. The smallest absolute Gasteiger partial charge is 0.239 e. The molecule has 0 aromatic rings. The molecule has 1 fully saturated rings. The summed E-state index contributed by atoms with van der Waals surface area (Å²) in [5, 5.41) is 11.8. The van der Waals surface area contributed by atoms with E-state index in [-0.39, 0.29) is 5.91 Å². The van der Waals surface area contributed by atoms with Crippen molar-refractivity contribution in [2.24, 2.45) is 17.3 Å². The number of rotatable bonds is 3. The standard InChI is InChI=1S/C13H22N2O/c1-10-6-4-5-7-11(10)8-15-12(16)13(2,3)9-14/h10-11H,4-8H2,1-3H3,(H,15,16). The monoisotopic (exact) mass is 222 g/mol. The minimum absolute atomic E-state index is 0.146. The SMILES string of the molecule is CC1CCCCC1CNC(=O)C(C)(C)C#N. The maximum Gasteiger partial charge on any atom is 0.239 e. The van der Waals surface area contributed by atoms with E-state index in [1.54, 1.807) is 13.8 Å². The summed E-state index contributed by atoms with van der Waals surface area (Å²) in [6.45, 7) is 6.30. The molecule has 0 aromatic carbocycles. The van der Waals surface area contributed by atoms with Crippen LogP contribution in [0.5, 0.6) is 0 Å². The number of carbonyl (C=O) groups excluding carboxylic acids is 1. The Bertz CT molecular complexity index is 291. The Balaban J connectivity index is 2.40. The van der Waals surface area contributed by atoms with Crippen LogP contribution in [0.2, 0.25) is 0 Å². The minimum Gasteiger partial charge on any atom is -0.354 e. The molecule has 0 bridgehead atoms. The summed E-state index contributed by atoms with van der Waals surface area (Å²) in [7, 11) is 0. The number of nitriles is 1. The fourth-order valence-electron chi connectivity index (χ4n) is 2.19. The average Bonchev–Trinajstić information content (AvgIpc) is 2.27. The van der Waals surface area contributed by atoms with E-state index in [0.717, 1.165) is 6.54 Å². The largest absolute Gasteiger partial charge is 0.354 e. The van der Waals surface area contributed by atoms with Gasteiger partial charge < -0.3 is 5.32 Å². The molecule has 2 unspecified atom stereocenters. The first-order valence-electron chi connectivity index (χ1n) is 6.17. The van der Waals surface area contributed by atoms with Gasteiger partial charge in [-0.25, -0.2) is 0 Å². The van der Waals surface area contributed by atoms with Crippen molar-refractivity contribution >= 4 is 5.91 Å². The Morgan fingerprint density at radius 1 is 1.44 bits per heavy atom. The van der Waals surface area contributed by atoms with Crippen LogP contribution in [-0.4, -0.2) is 12.5 Å². The third kappa shape index (κ3) is 3.23. The highest BCUT2D eigenvalue weighted by atomic mass is 16.2. The summed E-state index contributed by atoms with van der Waals surface area (Å²) in [6.07, 6.45) is 5.05. The lowest BCUT2D eigenvalue weighted by Gasteiger charge is -2.29. The van der Waals surface area contributed by atoms with E-state index in [0.29, 0.717) is 11.8 Å². The minimum atomic E-state index is -0.905. The van der Waals surface area contributed by atoms with Crippen LogP contribution in [0, 0.1) is 28.6 Å². The molecule has 0 aromatic heterocycles. The predicted octanol–water partition coefficient (Wildman–Crippen LogP) is 2.48. The van der Waals surface area contributed by atoms with Gasteiger partial charge in [-0.15, -0.1) is 0 Å². The molecular formula is C13H22N2O. The van der Waals surface area contributed by atoms with Crippen molar-refractivity contribution in [1.82, 2.24) is 5.32 Å². The van der Waals surface area contributed by atoms with Crippen molar-refractivity contribution < 1.29 is 4.79 Å². The first kappa shape index (κ1) is 13.0. The summed E-state index contributed by atoms with van der Waals surface area (Å²) in [4.78, 5) is 11.7. The molecule has 1 N–H and O–H groups in total. The first-order chi connectivity index (χ1) is 7.47. The van der Waals surface area contributed by atoms with Gasteiger partial charge in [0, 0.05) is 6.54 Å². The van der Waals surface area contributed by atoms with Crippen LogP contribution in [0.15, 0.2) is 0 Å². The maximum absolute atomic E-state index is 11.7. The molecule has 2 atom stereocenters. The number of nitrogens with one attached hydrogen (secondary N) is 1. The molecule has 1 saturated carbocycles. The molecule has 0 aliphatic heterocycles. The van der Waals surface area contributed by atoms with Crippen LogP contribution < -0.4 is 5.32 Å². The molecular weight excluding hydrogens is 200 g/mol. The lowest BCUT2D eigenvalue weighted by atomic mass is 9.80. The van der Waals surface area contributed by atoms with E-state index in [4.69, 9.17) is 5.26 Å². The topological polar surface area (TPSA) is 52.9 Å². The third-order valence-electron chi connectivity index (χ3n) is 3.66. The van der Waals surface area contributed by atoms with E-state index in [9.17, 15) is 4.79 Å². The molecule has 0 spiro atoms. The zero-order chi connectivity index (χ0) is 12.2. The summed E-state index contributed by atoms with van der Waals surface area (Å²) in [6, 6.07) is 2.03. The second-order valence-corrected chi connectivity index (χ2v) is 5.47. The zero-order valence-corrected chi connectivity index (χ0v) is 10.5. The Morgan fingerprint density at radius 2 is 2.06 bits per heavy atom. The zero-order valence-electron chi connectivity index (χ0n) is 10.5. The highest BCUT2D eigenvalue weighted by Crippen LogP contribution is 2.29. The Hall–Kier alpha value is -1.04. The van der Waals surface area contributed by atoms with Crippen LogP contribution in [0.3, 0.4) is 0 Å². The van der Waals surface area contributed by atoms with Crippen LogP contribution >= 0.6 is 0 Å². The Kier molecular flexibility index (Phi) is 4.35. The predicted molar refractivity (Wildman–Crippen MR) is 63.5 cm³/mol. The van der Waals surface area contributed by atoms with Gasteiger partial charge in [-0.05, 0) is 32.1 Å². The number of hydrogen-bond acceptors (Lipinski definition) is 2. The number of nitrogens with zero attached hydrogens (tertiary/aromatic N) is 1. The highest BCUT2D eigenvalue weighted by Gasteiger charge is 2.28. The third-order valence-corrected chi connectivity index (χ3v) is 3.66. The van der Waals surface area contributed by atoms with Gasteiger partial charge in [0.05, 0.1) is 6.07 Å². The molecule has 0 radical (unpaired) electrons. The fraction of sp³-hybridized carbons (Fsp3) is 0.846. The van der Waals surface area contributed by atoms with Crippen LogP contribution in [0.25, 0.3) is 0 Å². The van der Waals surface area contributed by atoms with Gasteiger partial charge in [0.1, 0.15) is 5.41 Å². The molecule has 1 rings (SSSR count). The van der Waals surface area contributed by atoms with Crippen LogP contribution in [-0.2, 0) is 4.79 Å². The van der Waals surface area contributed by atoms with Gasteiger partial charge in [-0.1, -0.05) is 26.2 Å². The summed E-state index contributed by atoms with van der Waals surface area (Å²) in [5.74, 6) is 1.14. The summed E-state index contributed by atoms with van der Waals surface area (Å²) >= 11 is 0. The van der Waals surface area contributed by atoms with Gasteiger partial charge in [-0.2, -0.15) is 5.26 Å². The van der Waals surface area contributed by atoms with Gasteiger partial charge in [0.25, 0.3) is 0 Å². The number of hydrogen-bond donors (Lipinski definition) is 1. The summed E-state index contributed by atoms with van der Waals surface area (Å²) < 4.78 is 0. The van der Waals surface area contributed by atoms with Crippen molar-refractivity contribution in [3.05, 3.63) is 0 Å². The second kappa shape index (κ2) is 5.34. The molecule has 1 aliphatic carbocycles. The summed E-state index contributed by atoms with van der Waals surface area (Å²) in [5.41, 5.74) is -0.905. The van der Waals surface area contributed by atoms with Gasteiger partial charge in [0.15, 0.2) is 0 Å². The van der Waals surface area contributed by atoms with Crippen LogP contribution in [0.1, 0.15) is 46.5 Å². The molecule has 1 aliphatic rings. The quantitative estimate of drug-likeness (QED) is 0.797. The Morgan fingerprint density at radius 3 is 2.62 bits per heavy atom. The van der Waals surface area contributed by atoms with Crippen LogP contribution in [0.4, 0.5) is 0 Å². The van der Waals surface area contributed by atoms with Gasteiger partial charge >= 0.3 is 0 Å². The van der Waals surface area contributed by atoms with Crippen molar-refractivity contribution in [1.29, 1.82) is 5.26 Å². The van der Waals surface area contributed by atoms with Crippen molar-refractivity contribution in [2.75, 3.05) is 6.54 Å². The molecule has 0 heterocycles. The van der Waals surface area contributed by atoms with Gasteiger partial charge in [-0.3, -0.25) is 4.79 Å². The highest BCUT2D eigenvalue weighted by molar-refractivity contribution is 5.84. The van der Waals surface area contributed by atoms with Gasteiger partial charge in [0.2, 0.25) is 5.91 Å². The average molecular weight is 222 g/mol.